The summed E-state index contributed by atoms with van der Waals surface area (Å²) >= 11 is 1.36. The molecule has 168 valence electrons. The van der Waals surface area contributed by atoms with Crippen LogP contribution in [0.25, 0.3) is 10.2 Å². The van der Waals surface area contributed by atoms with Crippen molar-refractivity contribution in [3.8, 4) is 0 Å². The molecule has 6 nitrogen and oxygen atoms in total. The Kier molecular flexibility index (Phi) is 6.86. The number of rotatable bonds is 6. The number of benzene rings is 1. The summed E-state index contributed by atoms with van der Waals surface area (Å²) in [6, 6.07) is 11.8. The van der Waals surface area contributed by atoms with Gasteiger partial charge >= 0.3 is 0 Å². The molecule has 2 amide bonds. The molecule has 0 bridgehead atoms. The van der Waals surface area contributed by atoms with Gasteiger partial charge in [-0.05, 0) is 37.5 Å². The lowest BCUT2D eigenvalue weighted by molar-refractivity contribution is -0.117. The second kappa shape index (κ2) is 9.79. The Morgan fingerprint density at radius 3 is 2.59 bits per heavy atom. The van der Waals surface area contributed by atoms with Gasteiger partial charge in [-0.1, -0.05) is 43.7 Å². The van der Waals surface area contributed by atoms with Crippen molar-refractivity contribution in [2.45, 2.75) is 39.5 Å². The number of carbonyl (C=O) groups is 2. The fourth-order valence-corrected chi connectivity index (χ4v) is 5.47. The molecule has 1 fully saturated rings. The molecule has 4 rings (SSSR count). The average molecular weight is 452 g/mol. The molecule has 0 spiro atoms. The highest BCUT2D eigenvalue weighted by atomic mass is 32.1. The van der Waals surface area contributed by atoms with Crippen LogP contribution in [0.5, 0.6) is 0 Å². The van der Waals surface area contributed by atoms with Crippen LogP contribution in [0, 0.1) is 13.8 Å². The molecule has 0 saturated carbocycles. The summed E-state index contributed by atoms with van der Waals surface area (Å²) in [5.41, 5.74) is 3.48. The number of nitrogens with one attached hydrogen (secondary N) is 1. The van der Waals surface area contributed by atoms with E-state index in [4.69, 9.17) is 4.74 Å². The lowest BCUT2D eigenvalue weighted by atomic mass is 9.93. The maximum atomic E-state index is 13.5. The average Bonchev–Trinajstić information content (AvgIpc) is 3.16. The second-order valence-corrected chi connectivity index (χ2v) is 9.21. The quantitative estimate of drug-likeness (QED) is 0.578. The van der Waals surface area contributed by atoms with E-state index in [0.717, 1.165) is 39.9 Å². The minimum absolute atomic E-state index is 0.0737. The number of aromatic nitrogens is 1. The van der Waals surface area contributed by atoms with E-state index in [1.165, 1.54) is 11.3 Å². The third kappa shape index (κ3) is 4.54. The zero-order valence-corrected chi connectivity index (χ0v) is 19.6. The molecule has 32 heavy (non-hydrogen) atoms. The van der Waals surface area contributed by atoms with Gasteiger partial charge in [0.2, 0.25) is 5.91 Å². The van der Waals surface area contributed by atoms with Crippen LogP contribution in [0.1, 0.15) is 52.2 Å². The number of aryl methyl sites for hydroxylation is 2. The van der Waals surface area contributed by atoms with Crippen molar-refractivity contribution < 1.29 is 14.3 Å². The number of anilines is 1. The van der Waals surface area contributed by atoms with E-state index >= 15 is 0 Å². The van der Waals surface area contributed by atoms with Crippen molar-refractivity contribution in [3.05, 3.63) is 58.1 Å². The number of morpholine rings is 1. The van der Waals surface area contributed by atoms with E-state index in [0.29, 0.717) is 36.9 Å². The van der Waals surface area contributed by atoms with Gasteiger partial charge in [0.05, 0.1) is 24.8 Å². The van der Waals surface area contributed by atoms with Crippen molar-refractivity contribution in [1.29, 1.82) is 0 Å². The van der Waals surface area contributed by atoms with Gasteiger partial charge in [-0.3, -0.25) is 9.59 Å². The molecule has 1 aliphatic heterocycles. The SMILES string of the molecule is CCC[C@H](C(=O)Nc1c(C(=O)N2CCOCC2)sc2nc(C)cc(C)c12)c1ccccc1. The van der Waals surface area contributed by atoms with Gasteiger partial charge in [-0.2, -0.15) is 0 Å². The first kappa shape index (κ1) is 22.4. The third-order valence-electron chi connectivity index (χ3n) is 5.82. The molecule has 1 saturated heterocycles. The smallest absolute Gasteiger partial charge is 0.266 e. The number of amides is 2. The first-order valence-corrected chi connectivity index (χ1v) is 11.9. The summed E-state index contributed by atoms with van der Waals surface area (Å²) in [7, 11) is 0. The zero-order valence-electron chi connectivity index (χ0n) is 18.8. The highest BCUT2D eigenvalue weighted by Crippen LogP contribution is 2.39. The Hall–Kier alpha value is -2.77. The normalized spacial score (nSPS) is 15.0. The van der Waals surface area contributed by atoms with E-state index in [2.05, 4.69) is 17.2 Å². The van der Waals surface area contributed by atoms with Gasteiger partial charge in [-0.25, -0.2) is 4.98 Å². The number of thiophene rings is 1. The molecule has 3 aromatic rings. The maximum Gasteiger partial charge on any atom is 0.266 e. The first-order valence-electron chi connectivity index (χ1n) is 11.1. The predicted octanol–water partition coefficient (Wildman–Crippen LogP) is 4.91. The Morgan fingerprint density at radius 2 is 1.91 bits per heavy atom. The Morgan fingerprint density at radius 1 is 1.19 bits per heavy atom. The molecule has 3 heterocycles. The van der Waals surface area contributed by atoms with Crippen LogP contribution >= 0.6 is 11.3 Å². The largest absolute Gasteiger partial charge is 0.378 e. The van der Waals surface area contributed by atoms with Crippen molar-refractivity contribution in [2.75, 3.05) is 31.6 Å². The molecule has 0 aliphatic carbocycles. The van der Waals surface area contributed by atoms with Crippen LogP contribution in [0.15, 0.2) is 36.4 Å². The molecule has 1 N–H and O–H groups in total. The standard InChI is InChI=1S/C25H29N3O3S/c1-4-8-19(18-9-6-5-7-10-18)23(29)27-21-20-16(2)15-17(3)26-24(20)32-22(21)25(30)28-11-13-31-14-12-28/h5-7,9-10,15,19H,4,8,11-14H2,1-3H3,(H,27,29)/t19-/m0/s1. The number of carbonyl (C=O) groups excluding carboxylic acids is 2. The predicted molar refractivity (Wildman–Crippen MR) is 129 cm³/mol. The van der Waals surface area contributed by atoms with Crippen LogP contribution in [0.3, 0.4) is 0 Å². The molecular weight excluding hydrogens is 422 g/mol. The van der Waals surface area contributed by atoms with E-state index in [1.54, 1.807) is 4.90 Å². The Bertz CT molecular complexity index is 1120. The van der Waals surface area contributed by atoms with Crippen LogP contribution in [0.4, 0.5) is 5.69 Å². The van der Waals surface area contributed by atoms with Crippen molar-refractivity contribution in [1.82, 2.24) is 9.88 Å². The third-order valence-corrected chi connectivity index (χ3v) is 6.90. The van der Waals surface area contributed by atoms with Gasteiger partial charge in [0.1, 0.15) is 9.71 Å². The summed E-state index contributed by atoms with van der Waals surface area (Å²) in [4.78, 5) is 34.7. The molecule has 1 aromatic carbocycles. The summed E-state index contributed by atoms with van der Waals surface area (Å²) in [5, 5.41) is 4.01. The van der Waals surface area contributed by atoms with Gasteiger partial charge in [0.25, 0.3) is 5.91 Å². The molecule has 1 atom stereocenters. The number of hydrogen-bond acceptors (Lipinski definition) is 5. The molecule has 0 radical (unpaired) electrons. The zero-order chi connectivity index (χ0) is 22.7. The number of nitrogens with zero attached hydrogens (tertiary/aromatic N) is 2. The summed E-state index contributed by atoms with van der Waals surface area (Å²) in [5.74, 6) is -0.439. The lowest BCUT2D eigenvalue weighted by Crippen LogP contribution is -2.40. The lowest BCUT2D eigenvalue weighted by Gasteiger charge is -2.27. The van der Waals surface area contributed by atoms with Crippen molar-refractivity contribution >= 4 is 39.1 Å². The van der Waals surface area contributed by atoms with Crippen molar-refractivity contribution in [2.24, 2.45) is 0 Å². The van der Waals surface area contributed by atoms with Gasteiger partial charge in [-0.15, -0.1) is 11.3 Å². The molecular formula is C25H29N3O3S. The van der Waals surface area contributed by atoms with Gasteiger partial charge in [0, 0.05) is 24.2 Å². The van der Waals surface area contributed by atoms with E-state index in [1.807, 2.05) is 50.2 Å². The van der Waals surface area contributed by atoms with Crippen molar-refractivity contribution in [3.63, 3.8) is 0 Å². The Balaban J connectivity index is 1.75. The van der Waals surface area contributed by atoms with Gasteiger partial charge < -0.3 is 15.0 Å². The van der Waals surface area contributed by atoms with Crippen LogP contribution in [-0.4, -0.2) is 48.0 Å². The van der Waals surface area contributed by atoms with Crippen LogP contribution in [0.2, 0.25) is 0 Å². The summed E-state index contributed by atoms with van der Waals surface area (Å²) in [6.45, 7) is 8.18. The minimum Gasteiger partial charge on any atom is -0.378 e. The topological polar surface area (TPSA) is 71.5 Å². The highest BCUT2D eigenvalue weighted by Gasteiger charge is 2.29. The number of hydrogen-bond donors (Lipinski definition) is 1. The molecule has 0 unspecified atom stereocenters. The molecule has 7 heteroatoms. The second-order valence-electron chi connectivity index (χ2n) is 8.21. The minimum atomic E-state index is -0.277. The fourth-order valence-electron chi connectivity index (χ4n) is 4.26. The number of pyridine rings is 1. The van der Waals surface area contributed by atoms with Crippen LogP contribution < -0.4 is 5.32 Å². The molecule has 2 aromatic heterocycles. The van der Waals surface area contributed by atoms with E-state index in [9.17, 15) is 9.59 Å². The Labute approximate surface area is 192 Å². The van der Waals surface area contributed by atoms with E-state index < -0.39 is 0 Å². The fraction of sp³-hybridized carbons (Fsp3) is 0.400. The van der Waals surface area contributed by atoms with Gasteiger partial charge in [0.15, 0.2) is 0 Å². The number of ether oxygens (including phenoxy) is 1. The molecule has 1 aliphatic rings. The maximum absolute atomic E-state index is 13.5. The monoisotopic (exact) mass is 451 g/mol. The summed E-state index contributed by atoms with van der Waals surface area (Å²) < 4.78 is 5.41. The summed E-state index contributed by atoms with van der Waals surface area (Å²) in [6.07, 6.45) is 1.62. The highest BCUT2D eigenvalue weighted by molar-refractivity contribution is 7.21. The number of fused-ring (bicyclic) bond motifs is 1. The first-order chi connectivity index (χ1) is 15.5. The van der Waals surface area contributed by atoms with E-state index in [-0.39, 0.29) is 17.7 Å². The van der Waals surface area contributed by atoms with Crippen LogP contribution in [-0.2, 0) is 9.53 Å².